The van der Waals surface area contributed by atoms with Gasteiger partial charge >= 0.3 is 0 Å². The Morgan fingerprint density at radius 2 is 2.17 bits per heavy atom. The molecule has 2 aliphatic heterocycles. The Morgan fingerprint density at radius 1 is 1.33 bits per heavy atom. The van der Waals surface area contributed by atoms with Crippen molar-refractivity contribution < 1.29 is 19.4 Å². The number of carbonyl (C=O) groups is 1. The standard InChI is InChI=1S/C18H14ClNO4/c1-23-11-6-5-10-9-20(18(22)13(10)7-11)16-8-15(21)12-3-2-4-14(19)17(12)24-16/h2-8,15,21H,9H2,1H3. The predicted molar refractivity (Wildman–Crippen MR) is 88.0 cm³/mol. The molecule has 2 aromatic carbocycles. The number of methoxy groups -OCH3 is 1. The molecule has 1 N–H and O–H groups in total. The number of aliphatic hydroxyl groups excluding tert-OH is 1. The number of para-hydroxylation sites is 1. The van der Waals surface area contributed by atoms with Gasteiger partial charge in [0.25, 0.3) is 5.91 Å². The van der Waals surface area contributed by atoms with Crippen molar-refractivity contribution in [3.8, 4) is 11.5 Å². The van der Waals surface area contributed by atoms with Crippen LogP contribution in [0.25, 0.3) is 0 Å². The van der Waals surface area contributed by atoms with Crippen LogP contribution in [0.4, 0.5) is 0 Å². The third-order valence-electron chi connectivity index (χ3n) is 4.21. The van der Waals surface area contributed by atoms with Gasteiger partial charge in [0.05, 0.1) is 18.7 Å². The van der Waals surface area contributed by atoms with Crippen molar-refractivity contribution in [1.82, 2.24) is 4.90 Å². The van der Waals surface area contributed by atoms with Gasteiger partial charge in [0.2, 0.25) is 5.88 Å². The summed E-state index contributed by atoms with van der Waals surface area (Å²) in [4.78, 5) is 14.2. The zero-order valence-corrected chi connectivity index (χ0v) is 13.6. The summed E-state index contributed by atoms with van der Waals surface area (Å²) in [6.45, 7) is 0.372. The van der Waals surface area contributed by atoms with Crippen LogP contribution in [0.15, 0.2) is 48.4 Å². The van der Waals surface area contributed by atoms with Crippen LogP contribution < -0.4 is 9.47 Å². The predicted octanol–water partition coefficient (Wildman–Crippen LogP) is 3.27. The van der Waals surface area contributed by atoms with Crippen LogP contribution in [0.1, 0.15) is 27.6 Å². The first-order valence-electron chi connectivity index (χ1n) is 7.43. The van der Waals surface area contributed by atoms with Crippen molar-refractivity contribution in [2.24, 2.45) is 0 Å². The highest BCUT2D eigenvalue weighted by Crippen LogP contribution is 2.40. The Bertz CT molecular complexity index is 877. The Kier molecular flexibility index (Phi) is 3.48. The molecule has 4 rings (SSSR count). The van der Waals surface area contributed by atoms with Gasteiger partial charge in [-0.3, -0.25) is 9.69 Å². The van der Waals surface area contributed by atoms with Crippen LogP contribution in [0, 0.1) is 0 Å². The van der Waals surface area contributed by atoms with Crippen molar-refractivity contribution >= 4 is 17.5 Å². The monoisotopic (exact) mass is 343 g/mol. The van der Waals surface area contributed by atoms with Gasteiger partial charge in [0, 0.05) is 17.2 Å². The number of rotatable bonds is 2. The smallest absolute Gasteiger partial charge is 0.261 e. The molecule has 6 heteroatoms. The summed E-state index contributed by atoms with van der Waals surface area (Å²) < 4.78 is 11.0. The SMILES string of the molecule is COc1ccc2c(c1)C(=O)N(C1=CC(O)c3cccc(Cl)c3O1)C2. The number of carbonyl (C=O) groups excluding carboxylic acids is 1. The number of benzene rings is 2. The zero-order chi connectivity index (χ0) is 16.8. The molecule has 5 nitrogen and oxygen atoms in total. The summed E-state index contributed by atoms with van der Waals surface area (Å²) in [6.07, 6.45) is 0.633. The van der Waals surface area contributed by atoms with E-state index in [-0.39, 0.29) is 11.8 Å². The first-order chi connectivity index (χ1) is 11.6. The maximum Gasteiger partial charge on any atom is 0.261 e. The van der Waals surface area contributed by atoms with Crippen molar-refractivity contribution in [1.29, 1.82) is 0 Å². The van der Waals surface area contributed by atoms with Crippen molar-refractivity contribution in [2.45, 2.75) is 12.6 Å². The molecule has 0 radical (unpaired) electrons. The lowest BCUT2D eigenvalue weighted by Gasteiger charge is -2.27. The average Bonchev–Trinajstić information content (AvgIpc) is 2.92. The fourth-order valence-electron chi connectivity index (χ4n) is 2.96. The van der Waals surface area contributed by atoms with Gasteiger partial charge in [0.1, 0.15) is 11.9 Å². The molecule has 0 aliphatic carbocycles. The molecule has 1 unspecified atom stereocenters. The van der Waals surface area contributed by atoms with Crippen molar-refractivity contribution in [3.63, 3.8) is 0 Å². The molecule has 0 spiro atoms. The fraction of sp³-hybridized carbons (Fsp3) is 0.167. The second kappa shape index (κ2) is 5.54. The Labute approximate surface area is 143 Å². The third kappa shape index (κ3) is 2.25. The first kappa shape index (κ1) is 15.1. The van der Waals surface area contributed by atoms with E-state index < -0.39 is 6.10 Å². The number of hydrogen-bond acceptors (Lipinski definition) is 4. The van der Waals surface area contributed by atoms with Gasteiger partial charge in [-0.2, -0.15) is 0 Å². The van der Waals surface area contributed by atoms with Gasteiger partial charge in [-0.05, 0) is 23.8 Å². The first-order valence-corrected chi connectivity index (χ1v) is 7.81. The van der Waals surface area contributed by atoms with Crippen LogP contribution in [-0.2, 0) is 6.54 Å². The van der Waals surface area contributed by atoms with E-state index >= 15 is 0 Å². The number of aliphatic hydroxyl groups is 1. The largest absolute Gasteiger partial charge is 0.497 e. The highest BCUT2D eigenvalue weighted by atomic mass is 35.5. The summed E-state index contributed by atoms with van der Waals surface area (Å²) in [7, 11) is 1.56. The van der Waals surface area contributed by atoms with E-state index in [1.165, 1.54) is 11.0 Å². The van der Waals surface area contributed by atoms with Crippen LogP contribution in [0.2, 0.25) is 5.02 Å². The second-order valence-electron chi connectivity index (χ2n) is 5.62. The van der Waals surface area contributed by atoms with Gasteiger partial charge < -0.3 is 14.6 Å². The van der Waals surface area contributed by atoms with Crippen LogP contribution >= 0.6 is 11.6 Å². The zero-order valence-electron chi connectivity index (χ0n) is 12.8. The van der Waals surface area contributed by atoms with Gasteiger partial charge in [-0.1, -0.05) is 29.8 Å². The number of fused-ring (bicyclic) bond motifs is 2. The normalized spacial score (nSPS) is 18.6. The van der Waals surface area contributed by atoms with Gasteiger partial charge in [-0.25, -0.2) is 0 Å². The Morgan fingerprint density at radius 3 is 2.96 bits per heavy atom. The Balaban J connectivity index is 1.69. The molecule has 2 aliphatic rings. The maximum atomic E-state index is 12.7. The van der Waals surface area contributed by atoms with E-state index in [0.29, 0.717) is 34.2 Å². The Hall–Kier alpha value is -2.50. The van der Waals surface area contributed by atoms with E-state index in [4.69, 9.17) is 21.1 Å². The topological polar surface area (TPSA) is 59.0 Å². The van der Waals surface area contributed by atoms with Gasteiger partial charge in [0.15, 0.2) is 5.75 Å². The lowest BCUT2D eigenvalue weighted by atomic mass is 10.1. The summed E-state index contributed by atoms with van der Waals surface area (Å²) in [5.41, 5.74) is 2.03. The number of ether oxygens (including phenoxy) is 2. The molecule has 24 heavy (non-hydrogen) atoms. The van der Waals surface area contributed by atoms with Crippen molar-refractivity contribution in [3.05, 3.63) is 70.1 Å². The van der Waals surface area contributed by atoms with Crippen molar-refractivity contribution in [2.75, 3.05) is 7.11 Å². The van der Waals surface area contributed by atoms with E-state index in [0.717, 1.165) is 5.56 Å². The fourth-order valence-corrected chi connectivity index (χ4v) is 3.18. The third-order valence-corrected chi connectivity index (χ3v) is 4.51. The van der Waals surface area contributed by atoms with Gasteiger partial charge in [-0.15, -0.1) is 0 Å². The molecule has 2 heterocycles. The number of amides is 1. The van der Waals surface area contributed by atoms with E-state index in [9.17, 15) is 9.90 Å². The summed E-state index contributed by atoms with van der Waals surface area (Å²) in [5.74, 6) is 1.09. The van der Waals surface area contributed by atoms with Crippen LogP contribution in [0.3, 0.4) is 0 Å². The molecule has 0 saturated heterocycles. The molecule has 0 bridgehead atoms. The minimum atomic E-state index is -0.881. The number of nitrogens with zero attached hydrogens (tertiary/aromatic N) is 1. The molecular formula is C18H14ClNO4. The summed E-state index contributed by atoms with van der Waals surface area (Å²) >= 11 is 6.16. The molecule has 2 aromatic rings. The molecule has 0 saturated carbocycles. The number of hydrogen-bond donors (Lipinski definition) is 1. The van der Waals surface area contributed by atoms with E-state index in [2.05, 4.69) is 0 Å². The molecule has 0 aromatic heterocycles. The molecular weight excluding hydrogens is 330 g/mol. The van der Waals surface area contributed by atoms with E-state index in [1.807, 2.05) is 12.1 Å². The minimum absolute atomic E-state index is 0.196. The average molecular weight is 344 g/mol. The highest BCUT2D eigenvalue weighted by Gasteiger charge is 2.34. The molecule has 122 valence electrons. The van der Waals surface area contributed by atoms with E-state index in [1.54, 1.807) is 31.4 Å². The minimum Gasteiger partial charge on any atom is -0.497 e. The quantitative estimate of drug-likeness (QED) is 0.909. The number of halogens is 1. The highest BCUT2D eigenvalue weighted by molar-refractivity contribution is 6.32. The van der Waals surface area contributed by atoms with Crippen LogP contribution in [0.5, 0.6) is 11.5 Å². The second-order valence-corrected chi connectivity index (χ2v) is 6.03. The molecule has 0 fully saturated rings. The van der Waals surface area contributed by atoms with Crippen LogP contribution in [-0.4, -0.2) is 23.0 Å². The summed E-state index contributed by atoms with van der Waals surface area (Å²) in [6, 6.07) is 10.5. The summed E-state index contributed by atoms with van der Waals surface area (Å²) in [5, 5.41) is 10.7. The lowest BCUT2D eigenvalue weighted by Crippen LogP contribution is -2.29. The lowest BCUT2D eigenvalue weighted by molar-refractivity contribution is 0.0743. The molecule has 1 amide bonds. The maximum absolute atomic E-state index is 12.7. The molecule has 1 atom stereocenters.